The Balaban J connectivity index is 0.000000861. The lowest BCUT2D eigenvalue weighted by molar-refractivity contribution is -0.123. The molecule has 0 amide bonds. The SMILES string of the molecule is CC.CCN1CCC(C(=O)Cc2ccccc2)CC1. The first-order valence-electron chi connectivity index (χ1n) is 7.58. The zero-order valence-electron chi connectivity index (χ0n) is 12.6. The highest BCUT2D eigenvalue weighted by atomic mass is 16.1. The third-order valence-electron chi connectivity index (χ3n) is 3.71. The van der Waals surface area contributed by atoms with Crippen molar-refractivity contribution in [2.75, 3.05) is 19.6 Å². The third kappa shape index (κ3) is 5.15. The number of ketones is 1. The van der Waals surface area contributed by atoms with E-state index in [1.165, 1.54) is 0 Å². The number of likely N-dealkylation sites (tertiary alicyclic amines) is 1. The Morgan fingerprint density at radius 2 is 1.74 bits per heavy atom. The molecule has 0 spiro atoms. The number of carbonyl (C=O) groups is 1. The van der Waals surface area contributed by atoms with Crippen LogP contribution in [0, 0.1) is 5.92 Å². The van der Waals surface area contributed by atoms with Crippen molar-refractivity contribution in [1.82, 2.24) is 4.90 Å². The second-order valence-electron chi connectivity index (χ2n) is 4.84. The maximum absolute atomic E-state index is 12.1. The van der Waals surface area contributed by atoms with Crippen molar-refractivity contribution in [1.29, 1.82) is 0 Å². The summed E-state index contributed by atoms with van der Waals surface area (Å²) in [7, 11) is 0. The van der Waals surface area contributed by atoms with Gasteiger partial charge in [-0.05, 0) is 38.0 Å². The minimum Gasteiger partial charge on any atom is -0.304 e. The fourth-order valence-electron chi connectivity index (χ4n) is 2.51. The number of rotatable bonds is 4. The summed E-state index contributed by atoms with van der Waals surface area (Å²) in [5, 5.41) is 0. The minimum atomic E-state index is 0.290. The topological polar surface area (TPSA) is 20.3 Å². The molecule has 0 N–H and O–H groups in total. The third-order valence-corrected chi connectivity index (χ3v) is 3.71. The van der Waals surface area contributed by atoms with E-state index >= 15 is 0 Å². The summed E-state index contributed by atoms with van der Waals surface area (Å²) in [5.41, 5.74) is 1.15. The lowest BCUT2D eigenvalue weighted by atomic mass is 9.89. The number of hydrogen-bond donors (Lipinski definition) is 0. The summed E-state index contributed by atoms with van der Waals surface area (Å²) in [6, 6.07) is 10.1. The van der Waals surface area contributed by atoms with Gasteiger partial charge < -0.3 is 4.90 Å². The first-order chi connectivity index (χ1) is 9.29. The Labute approximate surface area is 117 Å². The Kier molecular flexibility index (Phi) is 7.42. The zero-order valence-corrected chi connectivity index (χ0v) is 12.6. The van der Waals surface area contributed by atoms with Crippen molar-refractivity contribution in [3.63, 3.8) is 0 Å². The monoisotopic (exact) mass is 261 g/mol. The molecular formula is C17H27NO. The summed E-state index contributed by atoms with van der Waals surface area (Å²) >= 11 is 0. The van der Waals surface area contributed by atoms with Crippen LogP contribution >= 0.6 is 0 Å². The summed E-state index contributed by atoms with van der Waals surface area (Å²) < 4.78 is 0. The molecule has 0 unspecified atom stereocenters. The number of piperidine rings is 1. The zero-order chi connectivity index (χ0) is 14.1. The molecule has 1 aromatic carbocycles. The smallest absolute Gasteiger partial charge is 0.140 e. The van der Waals surface area contributed by atoms with Crippen molar-refractivity contribution in [2.45, 2.75) is 40.0 Å². The van der Waals surface area contributed by atoms with Crippen LogP contribution in [-0.2, 0) is 11.2 Å². The number of hydrogen-bond acceptors (Lipinski definition) is 2. The van der Waals surface area contributed by atoms with Crippen LogP contribution in [0.2, 0.25) is 0 Å². The van der Waals surface area contributed by atoms with Gasteiger partial charge in [0.1, 0.15) is 5.78 Å². The van der Waals surface area contributed by atoms with Gasteiger partial charge in [-0.2, -0.15) is 0 Å². The molecule has 1 fully saturated rings. The van der Waals surface area contributed by atoms with E-state index in [0.29, 0.717) is 12.2 Å². The summed E-state index contributed by atoms with van der Waals surface area (Å²) in [4.78, 5) is 14.6. The van der Waals surface area contributed by atoms with Crippen LogP contribution in [0.25, 0.3) is 0 Å². The van der Waals surface area contributed by atoms with Gasteiger partial charge in [0.15, 0.2) is 0 Å². The quantitative estimate of drug-likeness (QED) is 0.826. The highest BCUT2D eigenvalue weighted by Gasteiger charge is 2.23. The maximum Gasteiger partial charge on any atom is 0.140 e. The van der Waals surface area contributed by atoms with Gasteiger partial charge in [0.05, 0.1) is 0 Å². The molecule has 19 heavy (non-hydrogen) atoms. The largest absolute Gasteiger partial charge is 0.304 e. The predicted molar refractivity (Wildman–Crippen MR) is 81.3 cm³/mol. The second-order valence-corrected chi connectivity index (χ2v) is 4.84. The van der Waals surface area contributed by atoms with Crippen LogP contribution in [0.1, 0.15) is 39.2 Å². The van der Waals surface area contributed by atoms with Gasteiger partial charge in [0.2, 0.25) is 0 Å². The Hall–Kier alpha value is -1.15. The van der Waals surface area contributed by atoms with E-state index in [0.717, 1.165) is 38.0 Å². The number of nitrogens with zero attached hydrogens (tertiary/aromatic N) is 1. The van der Waals surface area contributed by atoms with Gasteiger partial charge in [-0.25, -0.2) is 0 Å². The van der Waals surface area contributed by atoms with E-state index < -0.39 is 0 Å². The summed E-state index contributed by atoms with van der Waals surface area (Å²) in [5.74, 6) is 0.713. The Morgan fingerprint density at radius 3 is 2.26 bits per heavy atom. The van der Waals surface area contributed by atoms with Crippen molar-refractivity contribution < 1.29 is 4.79 Å². The van der Waals surface area contributed by atoms with Crippen LogP contribution in [0.4, 0.5) is 0 Å². The minimum absolute atomic E-state index is 0.290. The molecule has 2 heteroatoms. The van der Waals surface area contributed by atoms with Gasteiger partial charge in [0.25, 0.3) is 0 Å². The lowest BCUT2D eigenvalue weighted by Gasteiger charge is -2.30. The van der Waals surface area contributed by atoms with Crippen molar-refractivity contribution in [3.05, 3.63) is 35.9 Å². The predicted octanol–water partition coefficient (Wildman–Crippen LogP) is 3.56. The molecule has 0 saturated carbocycles. The first-order valence-corrected chi connectivity index (χ1v) is 7.58. The molecule has 106 valence electrons. The fourth-order valence-corrected chi connectivity index (χ4v) is 2.51. The fraction of sp³-hybridized carbons (Fsp3) is 0.588. The number of Topliss-reactive ketones (excluding diaryl/α,β-unsaturated/α-hetero) is 1. The van der Waals surface area contributed by atoms with Crippen molar-refractivity contribution in [2.24, 2.45) is 5.92 Å². The van der Waals surface area contributed by atoms with E-state index in [9.17, 15) is 4.79 Å². The van der Waals surface area contributed by atoms with Gasteiger partial charge in [-0.15, -0.1) is 0 Å². The molecule has 2 nitrogen and oxygen atoms in total. The first kappa shape index (κ1) is 15.9. The van der Waals surface area contributed by atoms with E-state index in [1.807, 2.05) is 44.2 Å². The van der Waals surface area contributed by atoms with Gasteiger partial charge >= 0.3 is 0 Å². The summed E-state index contributed by atoms with van der Waals surface area (Å²) in [6.07, 6.45) is 2.69. The van der Waals surface area contributed by atoms with E-state index in [4.69, 9.17) is 0 Å². The Bertz CT molecular complexity index is 353. The highest BCUT2D eigenvalue weighted by molar-refractivity contribution is 5.83. The maximum atomic E-state index is 12.1. The highest BCUT2D eigenvalue weighted by Crippen LogP contribution is 2.19. The summed E-state index contributed by atoms with van der Waals surface area (Å²) in [6.45, 7) is 9.47. The molecule has 1 aromatic rings. The van der Waals surface area contributed by atoms with Crippen LogP contribution in [0.3, 0.4) is 0 Å². The van der Waals surface area contributed by atoms with Gasteiger partial charge in [-0.3, -0.25) is 4.79 Å². The molecule has 0 bridgehead atoms. The van der Waals surface area contributed by atoms with E-state index in [-0.39, 0.29) is 5.92 Å². The van der Waals surface area contributed by atoms with E-state index in [1.54, 1.807) is 0 Å². The molecule has 1 aliphatic heterocycles. The molecule has 0 aliphatic carbocycles. The van der Waals surface area contributed by atoms with Crippen LogP contribution in [-0.4, -0.2) is 30.3 Å². The number of carbonyl (C=O) groups excluding carboxylic acids is 1. The number of benzene rings is 1. The average Bonchev–Trinajstić information content (AvgIpc) is 2.50. The lowest BCUT2D eigenvalue weighted by Crippen LogP contribution is -2.36. The van der Waals surface area contributed by atoms with E-state index in [2.05, 4.69) is 11.8 Å². The molecule has 2 rings (SSSR count). The normalized spacial score (nSPS) is 16.6. The standard InChI is InChI=1S/C15H21NO.C2H6/c1-2-16-10-8-14(9-11-16)15(17)12-13-6-4-3-5-7-13;1-2/h3-7,14H,2,8-12H2,1H3;1-2H3. The second kappa shape index (κ2) is 8.87. The van der Waals surface area contributed by atoms with Crippen molar-refractivity contribution in [3.8, 4) is 0 Å². The molecule has 0 aromatic heterocycles. The molecular weight excluding hydrogens is 234 g/mol. The van der Waals surface area contributed by atoms with Gasteiger partial charge in [-0.1, -0.05) is 51.1 Å². The average molecular weight is 261 g/mol. The molecule has 1 heterocycles. The molecule has 0 radical (unpaired) electrons. The van der Waals surface area contributed by atoms with Gasteiger partial charge in [0, 0.05) is 12.3 Å². The van der Waals surface area contributed by atoms with Crippen LogP contribution in [0.15, 0.2) is 30.3 Å². The van der Waals surface area contributed by atoms with Crippen molar-refractivity contribution >= 4 is 5.78 Å². The molecule has 1 aliphatic rings. The Morgan fingerprint density at radius 1 is 1.16 bits per heavy atom. The molecule has 1 saturated heterocycles. The molecule has 0 atom stereocenters. The van der Waals surface area contributed by atoms with Crippen LogP contribution in [0.5, 0.6) is 0 Å². The van der Waals surface area contributed by atoms with Crippen LogP contribution < -0.4 is 0 Å².